The average Bonchev–Trinajstić information content (AvgIpc) is 1.72. The number of aliphatic carboxylic acids is 1. The number of likely N-dealkylation sites (N-methyl/N-ethyl adjacent to an activating group) is 1. The normalized spacial score (nSPS) is 16.2. The first-order valence-corrected chi connectivity index (χ1v) is 45.0. The van der Waals surface area contributed by atoms with Crippen molar-refractivity contribution >= 4 is 89.3 Å². The van der Waals surface area contributed by atoms with Crippen LogP contribution < -0.4 is 35.6 Å². The Hall–Kier alpha value is -9.76. The van der Waals surface area contributed by atoms with Crippen LogP contribution in [0.3, 0.4) is 0 Å². The number of nitrogens with zero attached hydrogens (tertiary/aromatic N) is 7. The first-order chi connectivity index (χ1) is 56.7. The van der Waals surface area contributed by atoms with Crippen molar-refractivity contribution in [2.75, 3.05) is 127 Å². The van der Waals surface area contributed by atoms with Crippen molar-refractivity contribution in [2.45, 2.75) is 167 Å². The van der Waals surface area contributed by atoms with Gasteiger partial charge in [0.2, 0.25) is 33.7 Å². The summed E-state index contributed by atoms with van der Waals surface area (Å²) in [7, 11) is -12.5. The first kappa shape index (κ1) is 96.7. The fourth-order valence-electron chi connectivity index (χ4n) is 15.0. The molecule has 3 amide bonds. The molecule has 1 fully saturated rings. The first-order valence-electron chi connectivity index (χ1n) is 40.3. The number of carboxylic acids is 1. The number of carbonyl (C=O) groups excluding carboxylic acids is 7. The van der Waals surface area contributed by atoms with E-state index in [1.807, 2.05) is 81.6 Å². The lowest BCUT2D eigenvalue weighted by Gasteiger charge is -2.38. The zero-order valence-electron chi connectivity index (χ0n) is 71.0. The Balaban J connectivity index is 0.827. The van der Waals surface area contributed by atoms with Crippen LogP contribution in [0.4, 0.5) is 11.6 Å². The molecule has 2 aliphatic heterocycles. The van der Waals surface area contributed by atoms with Crippen LogP contribution in [0.5, 0.6) is 5.75 Å². The number of ether oxygens (including phenoxy) is 4. The Morgan fingerprint density at radius 1 is 0.595 bits per heavy atom. The molecule has 0 bridgehead atoms. The summed E-state index contributed by atoms with van der Waals surface area (Å²) < 4.78 is 125. The molecule has 6 aromatic rings. The molecule has 1 aromatic heterocycles. The van der Waals surface area contributed by atoms with Gasteiger partial charge in [-0.1, -0.05) is 97.1 Å². The smallest absolute Gasteiger partial charge is 0.323 e. The number of Topliss-reactive ketones (excluding diaryl/α,β-unsaturated/α-hetero) is 1. The number of fused-ring (bicyclic) bond motifs is 1. The molecule has 121 heavy (non-hydrogen) atoms. The van der Waals surface area contributed by atoms with E-state index in [-0.39, 0.29) is 164 Å². The Morgan fingerprint density at radius 3 is 1.52 bits per heavy atom. The fraction of sp³-hybridized carbons (Fsp3) is 0.518. The summed E-state index contributed by atoms with van der Waals surface area (Å²) in [5.74, 6) is -7.46. The lowest BCUT2D eigenvalue weighted by atomic mass is 9.76. The van der Waals surface area contributed by atoms with Gasteiger partial charge in [-0.2, -0.15) is 21.6 Å². The van der Waals surface area contributed by atoms with Crippen LogP contribution in [0.2, 0.25) is 0 Å². The number of esters is 3. The van der Waals surface area contributed by atoms with E-state index in [1.165, 1.54) is 26.0 Å². The summed E-state index contributed by atoms with van der Waals surface area (Å²) in [6, 6.07) is 34.2. The average molecular weight is 1740 g/mol. The van der Waals surface area contributed by atoms with Crippen LogP contribution >= 0.6 is 0 Å². The zero-order chi connectivity index (χ0) is 88.8. The number of anilines is 2. The summed E-state index contributed by atoms with van der Waals surface area (Å²) in [5, 5.41) is 21.8. The third-order valence-corrected chi connectivity index (χ3v) is 23.6. The molecule has 0 saturated carbocycles. The van der Waals surface area contributed by atoms with Crippen LogP contribution in [0.1, 0.15) is 145 Å². The molecule has 1 unspecified atom stereocenters. The highest BCUT2D eigenvalue weighted by atomic mass is 32.2. The molecule has 33 nitrogen and oxygen atoms in total. The fourth-order valence-corrected chi connectivity index (χ4v) is 18.2. The molecule has 2 aliphatic rings. The van der Waals surface area contributed by atoms with Gasteiger partial charge in [0.25, 0.3) is 20.2 Å². The second-order valence-corrected chi connectivity index (χ2v) is 38.3. The maximum Gasteiger partial charge on any atom is 0.323 e. The summed E-state index contributed by atoms with van der Waals surface area (Å²) >= 11 is 0. The van der Waals surface area contributed by atoms with Gasteiger partial charge >= 0.3 is 23.9 Å². The van der Waals surface area contributed by atoms with Crippen molar-refractivity contribution in [3.05, 3.63) is 173 Å². The number of aromatic nitrogens is 2. The minimum Gasteiger partial charge on any atom is -0.494 e. The van der Waals surface area contributed by atoms with Crippen LogP contribution in [0.15, 0.2) is 139 Å². The van der Waals surface area contributed by atoms with E-state index in [0.717, 1.165) is 22.3 Å². The molecule has 1 saturated heterocycles. The zero-order valence-corrected chi connectivity index (χ0v) is 73.5. The van der Waals surface area contributed by atoms with Crippen molar-refractivity contribution in [1.82, 2.24) is 49.8 Å². The minimum atomic E-state index is -4.83. The molecule has 662 valence electrons. The number of nitrogens with one attached hydrogen (secondary N) is 5. The number of rotatable bonds is 38. The van der Waals surface area contributed by atoms with Gasteiger partial charge in [0.15, 0.2) is 5.78 Å². The molecular weight excluding hydrogens is 1620 g/mol. The Morgan fingerprint density at radius 2 is 1.07 bits per heavy atom. The van der Waals surface area contributed by atoms with E-state index >= 15 is 0 Å². The number of hydrogen-bond acceptors (Lipinski definition) is 25. The number of benzene rings is 5. The number of ketones is 1. The van der Waals surface area contributed by atoms with Gasteiger partial charge in [0.05, 0.1) is 49.2 Å². The van der Waals surface area contributed by atoms with Crippen molar-refractivity contribution in [3.8, 4) is 5.75 Å². The number of imidazole rings is 1. The van der Waals surface area contributed by atoms with Gasteiger partial charge in [-0.25, -0.2) is 13.4 Å². The second kappa shape index (κ2) is 42.8. The minimum absolute atomic E-state index is 0.00550. The summed E-state index contributed by atoms with van der Waals surface area (Å²) in [6.07, 6.45) is 3.23. The highest BCUT2D eigenvalue weighted by Crippen LogP contribution is 2.43. The predicted molar refractivity (Wildman–Crippen MR) is 456 cm³/mol. The summed E-state index contributed by atoms with van der Waals surface area (Å²) in [4.78, 5) is 121. The lowest BCUT2D eigenvalue weighted by Crippen LogP contribution is -2.54. The van der Waals surface area contributed by atoms with Gasteiger partial charge in [-0.15, -0.1) is 0 Å². The van der Waals surface area contributed by atoms with Gasteiger partial charge in [0.1, 0.15) is 40.2 Å². The van der Waals surface area contributed by atoms with Crippen LogP contribution in [-0.4, -0.2) is 268 Å². The third kappa shape index (κ3) is 30.7. The van der Waals surface area contributed by atoms with Crippen molar-refractivity contribution in [1.29, 1.82) is 0 Å². The third-order valence-electron chi connectivity index (χ3n) is 20.1. The summed E-state index contributed by atoms with van der Waals surface area (Å²) in [6.45, 7) is 19.0. The number of aryl methyl sites for hydroxylation is 2. The van der Waals surface area contributed by atoms with E-state index in [1.54, 1.807) is 97.5 Å². The van der Waals surface area contributed by atoms with Crippen LogP contribution in [0.25, 0.3) is 0 Å². The van der Waals surface area contributed by atoms with E-state index in [9.17, 15) is 77.8 Å². The molecule has 0 aliphatic carbocycles. The van der Waals surface area contributed by atoms with Gasteiger partial charge in [-0.3, -0.25) is 71.6 Å². The quantitative estimate of drug-likeness (QED) is 0.00677. The van der Waals surface area contributed by atoms with Gasteiger partial charge in [0, 0.05) is 122 Å². The molecule has 8 N–H and O–H groups in total. The maximum atomic E-state index is 14.1. The number of carboxylic acid groups (broad SMARTS) is 1. The van der Waals surface area contributed by atoms with E-state index in [0.29, 0.717) is 17.2 Å². The number of sulfonamides is 1. The maximum absolute atomic E-state index is 14.1. The van der Waals surface area contributed by atoms with Crippen LogP contribution in [0, 0.1) is 19.8 Å². The molecule has 0 spiro atoms. The Bertz CT molecular complexity index is 4740. The van der Waals surface area contributed by atoms with E-state index in [4.69, 9.17) is 23.9 Å². The number of amides is 3. The van der Waals surface area contributed by atoms with Gasteiger partial charge in [-0.05, 0) is 165 Å². The monoisotopic (exact) mass is 1740 g/mol. The molecule has 8 rings (SSSR count). The predicted octanol–water partition coefficient (Wildman–Crippen LogP) is 6.46. The molecular formula is C85H118N12O21S3. The second-order valence-electron chi connectivity index (χ2n) is 33.7. The number of hydrogen-bond donors (Lipinski definition) is 8. The Labute approximate surface area is 709 Å². The largest absolute Gasteiger partial charge is 0.494 e. The van der Waals surface area contributed by atoms with Crippen LogP contribution in [-0.2, 0) is 90.1 Å². The van der Waals surface area contributed by atoms with E-state index < -0.39 is 136 Å². The topological polar surface area (TPSA) is 431 Å². The lowest BCUT2D eigenvalue weighted by molar-refractivity contribution is -0.158. The van der Waals surface area contributed by atoms with Crippen molar-refractivity contribution in [3.63, 3.8) is 0 Å². The van der Waals surface area contributed by atoms with Crippen molar-refractivity contribution in [2.24, 2.45) is 5.92 Å². The standard InChI is InChI=1S/C85H118N12O21S3/c1-59-46-67(47-60(2)78(59)121(113,114)91-69(80(105)106)52-88-79(104)71-50-72(98)68-33-32-61(49-70(68)92(71)12)51-89-81-87-35-36-97(81)85(63-25-16-13-17-26-63,64-27-18-14-19-28-64)65-29-20-15-21-30-65)115-45-23-31-73(99)86-34-22-24-62(57-119(107,108)109)48-66(58-120(110,111)112)90-74(100)53-93-37-39-94(54-75(101)116-82(3,4)5)41-43-96(56-77(103)118-84(9,10)11)44-42-95(40-38-93)55-76(102)117-83(6,7)8/h13-21,25-30,32-33,35-36,46-47,49,62,66,69,71,91H,22-24,31,34,37-45,48,50-58H2,1-12H3,(H,86,99)(H,87,89)(H,88,104)(H,90,100)(H,105,106)(H,107,108,109)(H,110,111,112)/t62-,66-,69+,71?/m1/s1. The molecule has 4 atom stereocenters. The highest BCUT2D eigenvalue weighted by Gasteiger charge is 2.41. The molecule has 0 radical (unpaired) electrons. The number of carbonyl (C=O) groups is 8. The molecule has 5 aromatic carbocycles. The SMILES string of the molecule is Cc1cc(OCCCC(=O)NCCC[C@H](C[C@H](CS(=O)(=O)O)NC(=O)CN2CCN(CC(=O)OC(C)(C)C)CCN(CC(=O)OC(C)(C)C)CCN(CC(=O)OC(C)(C)C)CC2)CS(=O)(=O)O)cc(C)c1S(=O)(=O)N[C@@H](CNC(=O)C1CC(=O)c2ccc(CNc3nccn3C(c3ccccc3)(c3ccccc3)c3ccccc3)cc2N1C)C(=O)O. The van der Waals surface area contributed by atoms with Gasteiger partial charge < -0.3 is 50.2 Å². The van der Waals surface area contributed by atoms with E-state index in [2.05, 4.69) is 67.0 Å². The Kier molecular flexibility index (Phi) is 34.2. The molecule has 3 heterocycles. The van der Waals surface area contributed by atoms with Crippen molar-refractivity contribution < 1.29 is 96.8 Å². The molecule has 36 heteroatoms. The highest BCUT2D eigenvalue weighted by molar-refractivity contribution is 7.89. The summed E-state index contributed by atoms with van der Waals surface area (Å²) in [5.41, 5.74) is 1.67.